The Balaban J connectivity index is 0.000000510. The molecule has 0 fully saturated rings. The maximum Gasteiger partial charge on any atom is 0.326 e. The van der Waals surface area contributed by atoms with Gasteiger partial charge in [-0.1, -0.05) is 43.6 Å². The summed E-state index contributed by atoms with van der Waals surface area (Å²) >= 11 is 3.04. The Labute approximate surface area is 202 Å². The van der Waals surface area contributed by atoms with Gasteiger partial charge < -0.3 is 19.8 Å². The zero-order valence-corrected chi connectivity index (χ0v) is 21.6. The topological polar surface area (TPSA) is 129 Å². The van der Waals surface area contributed by atoms with Crippen LogP contribution in [0.25, 0.3) is 0 Å². The predicted octanol–water partition coefficient (Wildman–Crippen LogP) is 4.39. The van der Waals surface area contributed by atoms with Crippen molar-refractivity contribution in [3.63, 3.8) is 0 Å². The average Bonchev–Trinajstić information content (AvgIpc) is 2.66. The van der Waals surface area contributed by atoms with Crippen molar-refractivity contribution in [2.45, 2.75) is 65.3 Å². The second-order valence-corrected chi connectivity index (χ2v) is 9.70. The summed E-state index contributed by atoms with van der Waals surface area (Å²) in [5, 5.41) is 17.5. The van der Waals surface area contributed by atoms with Gasteiger partial charge in [0.05, 0.1) is 0 Å². The van der Waals surface area contributed by atoms with Crippen LogP contribution in [-0.4, -0.2) is 36.5 Å². The fourth-order valence-corrected chi connectivity index (χ4v) is 3.44. The largest absolute Gasteiger partial charge is 0.480 e. The summed E-state index contributed by atoms with van der Waals surface area (Å²) < 4.78 is 1.29. The van der Waals surface area contributed by atoms with Gasteiger partial charge in [0.1, 0.15) is 10.9 Å². The standard InChI is InChI=1S/C12H17NO3.C6H11BrO2.C6H7NO/c1-8(2)6-10(12(15)16)13-5-4-9(3)7-11(13)14;1-4(2)3-5(7)6(8)9;1-5-2-3-7-6(8)4-5/h4-5,7-8,10H,6H2,1-3H3,(H,15,16);4-5H,3H2,1-2H3,(H,8,9);2-4H,1H3,(H,7,8)/t10-;5-;/m01./s1. The number of carboxylic acid groups (broad SMARTS) is 2. The molecule has 3 N–H and O–H groups in total. The van der Waals surface area contributed by atoms with E-state index in [0.29, 0.717) is 18.8 Å². The summed E-state index contributed by atoms with van der Waals surface area (Å²) in [5.74, 6) is -1.07. The summed E-state index contributed by atoms with van der Waals surface area (Å²) in [5.41, 5.74) is 1.54. The third-order valence-electron chi connectivity index (χ3n) is 4.30. The van der Waals surface area contributed by atoms with E-state index in [4.69, 9.17) is 10.2 Å². The number of rotatable bonds is 7. The molecule has 0 aliphatic carbocycles. The normalized spacial score (nSPS) is 12.2. The van der Waals surface area contributed by atoms with Crippen LogP contribution in [0, 0.1) is 25.7 Å². The monoisotopic (exact) mass is 526 g/mol. The number of pyridine rings is 2. The Bertz CT molecular complexity index is 997. The van der Waals surface area contributed by atoms with Crippen molar-refractivity contribution in [3.8, 4) is 0 Å². The highest BCUT2D eigenvalue weighted by molar-refractivity contribution is 9.10. The van der Waals surface area contributed by atoms with Crippen LogP contribution in [0.2, 0.25) is 0 Å². The van der Waals surface area contributed by atoms with Gasteiger partial charge in [-0.2, -0.15) is 0 Å². The maximum absolute atomic E-state index is 11.7. The number of hydrogen-bond acceptors (Lipinski definition) is 4. The first-order valence-electron chi connectivity index (χ1n) is 10.7. The lowest BCUT2D eigenvalue weighted by atomic mass is 10.0. The van der Waals surface area contributed by atoms with E-state index in [-0.39, 0.29) is 21.9 Å². The van der Waals surface area contributed by atoms with E-state index in [9.17, 15) is 19.2 Å². The van der Waals surface area contributed by atoms with E-state index in [1.807, 2.05) is 47.6 Å². The number of halogens is 1. The number of carbonyl (C=O) groups is 2. The zero-order chi connectivity index (χ0) is 25.7. The summed E-state index contributed by atoms with van der Waals surface area (Å²) in [6.07, 6.45) is 4.34. The molecule has 9 heteroatoms. The van der Waals surface area contributed by atoms with E-state index in [2.05, 4.69) is 20.9 Å². The molecule has 2 heterocycles. The van der Waals surface area contributed by atoms with Crippen molar-refractivity contribution in [3.05, 3.63) is 68.5 Å². The van der Waals surface area contributed by atoms with Gasteiger partial charge in [-0.05, 0) is 61.8 Å². The van der Waals surface area contributed by atoms with Gasteiger partial charge >= 0.3 is 11.9 Å². The third-order valence-corrected chi connectivity index (χ3v) is 5.06. The highest BCUT2D eigenvalue weighted by Crippen LogP contribution is 2.16. The molecule has 0 unspecified atom stereocenters. The molecule has 0 amide bonds. The lowest BCUT2D eigenvalue weighted by Gasteiger charge is -2.17. The molecular weight excluding hydrogens is 492 g/mol. The molecule has 2 rings (SSSR count). The first-order chi connectivity index (χ1) is 15.2. The predicted molar refractivity (Wildman–Crippen MR) is 133 cm³/mol. The molecule has 33 heavy (non-hydrogen) atoms. The second kappa shape index (κ2) is 15.2. The van der Waals surface area contributed by atoms with Gasteiger partial charge in [-0.15, -0.1) is 0 Å². The van der Waals surface area contributed by atoms with E-state index < -0.39 is 18.0 Å². The molecular formula is C24H35BrN2O6. The van der Waals surface area contributed by atoms with E-state index in [0.717, 1.165) is 11.1 Å². The molecule has 2 aromatic heterocycles. The minimum Gasteiger partial charge on any atom is -0.480 e. The smallest absolute Gasteiger partial charge is 0.326 e. The number of nitrogens with zero attached hydrogens (tertiary/aromatic N) is 1. The lowest BCUT2D eigenvalue weighted by molar-refractivity contribution is -0.141. The van der Waals surface area contributed by atoms with Gasteiger partial charge in [0.25, 0.3) is 5.56 Å². The Kier molecular flexibility index (Phi) is 14.0. The molecule has 0 spiro atoms. The number of aromatic amines is 1. The molecule has 2 atom stereocenters. The lowest BCUT2D eigenvalue weighted by Crippen LogP contribution is -2.30. The number of aliphatic carboxylic acids is 2. The SMILES string of the molecule is CC(C)C[C@@H](Br)C(=O)O.Cc1cc[nH]c(=O)c1.Cc1ccn([C@@H](CC(C)C)C(=O)O)c(=O)c1. The fourth-order valence-electron chi connectivity index (χ4n) is 2.69. The highest BCUT2D eigenvalue weighted by Gasteiger charge is 2.21. The highest BCUT2D eigenvalue weighted by atomic mass is 79.9. The summed E-state index contributed by atoms with van der Waals surface area (Å²) in [4.78, 5) is 45.5. The van der Waals surface area contributed by atoms with E-state index >= 15 is 0 Å². The van der Waals surface area contributed by atoms with Gasteiger partial charge in [0.2, 0.25) is 5.56 Å². The first-order valence-corrected chi connectivity index (χ1v) is 11.6. The second-order valence-electron chi connectivity index (χ2n) is 8.60. The third kappa shape index (κ3) is 13.5. The maximum atomic E-state index is 11.7. The molecule has 0 bridgehead atoms. The molecule has 0 saturated heterocycles. The van der Waals surface area contributed by atoms with Gasteiger partial charge in [-0.25, -0.2) is 4.79 Å². The van der Waals surface area contributed by atoms with Crippen LogP contribution in [0.5, 0.6) is 0 Å². The Hall–Kier alpha value is -2.68. The van der Waals surface area contributed by atoms with Crippen LogP contribution in [0.1, 0.15) is 57.7 Å². The average molecular weight is 527 g/mol. The van der Waals surface area contributed by atoms with Crippen LogP contribution in [-0.2, 0) is 9.59 Å². The van der Waals surface area contributed by atoms with Crippen molar-refractivity contribution in [1.29, 1.82) is 0 Å². The first kappa shape index (κ1) is 30.3. The number of nitrogens with one attached hydrogen (secondary N) is 1. The minimum absolute atomic E-state index is 0.0370. The molecule has 0 saturated carbocycles. The van der Waals surface area contributed by atoms with E-state index in [1.54, 1.807) is 24.5 Å². The van der Waals surface area contributed by atoms with Crippen LogP contribution in [0.15, 0.2) is 46.2 Å². The number of H-pyrrole nitrogens is 1. The Morgan fingerprint density at radius 3 is 1.82 bits per heavy atom. The van der Waals surface area contributed by atoms with Crippen molar-refractivity contribution in [1.82, 2.24) is 9.55 Å². The molecule has 2 aromatic rings. The van der Waals surface area contributed by atoms with Crippen LogP contribution in [0.3, 0.4) is 0 Å². The molecule has 0 aliphatic heterocycles. The molecule has 0 aromatic carbocycles. The Morgan fingerprint density at radius 2 is 1.48 bits per heavy atom. The molecule has 8 nitrogen and oxygen atoms in total. The molecule has 0 aliphatic rings. The molecule has 184 valence electrons. The quantitative estimate of drug-likeness (QED) is 0.458. The number of alkyl halides is 1. The summed E-state index contributed by atoms with van der Waals surface area (Å²) in [7, 11) is 0. The number of carboxylic acids is 2. The summed E-state index contributed by atoms with van der Waals surface area (Å²) in [6, 6.07) is 5.84. The van der Waals surface area contributed by atoms with Crippen molar-refractivity contribution in [2.75, 3.05) is 0 Å². The van der Waals surface area contributed by atoms with Crippen molar-refractivity contribution < 1.29 is 19.8 Å². The van der Waals surface area contributed by atoms with Gasteiger partial charge in [0, 0.05) is 24.5 Å². The minimum atomic E-state index is -0.959. The van der Waals surface area contributed by atoms with Crippen LogP contribution >= 0.6 is 15.9 Å². The number of aryl methyl sites for hydroxylation is 2. The zero-order valence-electron chi connectivity index (χ0n) is 20.0. The molecule has 0 radical (unpaired) electrons. The van der Waals surface area contributed by atoms with Gasteiger partial charge in [-0.3, -0.25) is 14.4 Å². The number of aromatic nitrogens is 2. The fraction of sp³-hybridized carbons (Fsp3) is 0.500. The summed E-state index contributed by atoms with van der Waals surface area (Å²) in [6.45, 7) is 11.6. The van der Waals surface area contributed by atoms with Gasteiger partial charge in [0.15, 0.2) is 0 Å². The Morgan fingerprint density at radius 1 is 0.939 bits per heavy atom. The van der Waals surface area contributed by atoms with Crippen molar-refractivity contribution in [2.24, 2.45) is 11.8 Å². The van der Waals surface area contributed by atoms with Crippen LogP contribution < -0.4 is 11.1 Å². The number of hydrogen-bond donors (Lipinski definition) is 3. The van der Waals surface area contributed by atoms with Crippen molar-refractivity contribution >= 4 is 27.9 Å². The van der Waals surface area contributed by atoms with Crippen LogP contribution in [0.4, 0.5) is 0 Å². The van der Waals surface area contributed by atoms with E-state index in [1.165, 1.54) is 10.6 Å².